The molecule has 0 aromatic heterocycles. The van der Waals surface area contributed by atoms with Crippen LogP contribution in [0.2, 0.25) is 0 Å². The van der Waals surface area contributed by atoms with Gasteiger partial charge in [0.15, 0.2) is 0 Å². The summed E-state index contributed by atoms with van der Waals surface area (Å²) in [6.45, 7) is 0.928. The summed E-state index contributed by atoms with van der Waals surface area (Å²) in [5.41, 5.74) is 0. The summed E-state index contributed by atoms with van der Waals surface area (Å²) in [7, 11) is 0. The minimum Gasteiger partial charge on any atom is -0.465 e. The molecule has 0 aliphatic carbocycles. The van der Waals surface area contributed by atoms with Gasteiger partial charge in [-0.1, -0.05) is 6.42 Å². The van der Waals surface area contributed by atoms with Gasteiger partial charge in [-0.25, -0.2) is 0 Å². The minimum atomic E-state index is -0.185. The van der Waals surface area contributed by atoms with E-state index < -0.39 is 0 Å². The van der Waals surface area contributed by atoms with E-state index >= 15 is 0 Å². The average molecular weight is 185 g/mol. The van der Waals surface area contributed by atoms with Gasteiger partial charge in [-0.2, -0.15) is 0 Å². The van der Waals surface area contributed by atoms with Gasteiger partial charge in [0.25, 0.3) is 0 Å². The number of cyclic esters (lactones) is 1. The molecule has 4 nitrogen and oxygen atoms in total. The number of esters is 1. The monoisotopic (exact) mass is 185 g/mol. The van der Waals surface area contributed by atoms with E-state index in [1.54, 1.807) is 0 Å². The van der Waals surface area contributed by atoms with Crippen LogP contribution in [0.25, 0.3) is 0 Å². The second-order valence-electron chi connectivity index (χ2n) is 3.13. The third kappa shape index (κ3) is 4.50. The molecule has 13 heavy (non-hydrogen) atoms. The Balaban J connectivity index is 2.31. The highest BCUT2D eigenvalue weighted by molar-refractivity contribution is 5.76. The van der Waals surface area contributed by atoms with Crippen molar-refractivity contribution in [3.05, 3.63) is 0 Å². The lowest BCUT2D eigenvalue weighted by Gasteiger charge is -2.02. The number of carbonyl (C=O) groups excluding carboxylic acids is 2. The van der Waals surface area contributed by atoms with E-state index in [-0.39, 0.29) is 24.9 Å². The van der Waals surface area contributed by atoms with E-state index in [1.807, 2.05) is 0 Å². The topological polar surface area (TPSA) is 55.4 Å². The van der Waals surface area contributed by atoms with Gasteiger partial charge < -0.3 is 10.1 Å². The summed E-state index contributed by atoms with van der Waals surface area (Å²) in [6.07, 6.45) is 3.53. The van der Waals surface area contributed by atoms with Crippen LogP contribution in [-0.4, -0.2) is 25.0 Å². The molecule has 74 valence electrons. The van der Waals surface area contributed by atoms with Gasteiger partial charge in [0.05, 0.1) is 6.42 Å². The molecule has 1 N–H and O–H groups in total. The van der Waals surface area contributed by atoms with E-state index in [2.05, 4.69) is 5.32 Å². The molecule has 0 radical (unpaired) electrons. The molecule has 0 aromatic rings. The summed E-state index contributed by atoms with van der Waals surface area (Å²) >= 11 is 0. The van der Waals surface area contributed by atoms with E-state index in [0.29, 0.717) is 13.0 Å². The predicted octanol–water partition coefficient (Wildman–Crippen LogP) is 0.610. The van der Waals surface area contributed by atoms with Crippen molar-refractivity contribution in [3.63, 3.8) is 0 Å². The SMILES string of the molecule is O=C1CCOC(=O)CCCCCN1. The number of hydrogen-bond donors (Lipinski definition) is 1. The lowest BCUT2D eigenvalue weighted by molar-refractivity contribution is -0.144. The van der Waals surface area contributed by atoms with Crippen molar-refractivity contribution in [3.8, 4) is 0 Å². The first-order valence-electron chi connectivity index (χ1n) is 4.71. The maximum atomic E-state index is 11.0. The van der Waals surface area contributed by atoms with Crippen molar-refractivity contribution in [2.75, 3.05) is 13.2 Å². The highest BCUT2D eigenvalue weighted by Gasteiger charge is 2.07. The zero-order chi connectivity index (χ0) is 9.52. The molecule has 4 heteroatoms. The summed E-state index contributed by atoms with van der Waals surface area (Å²) in [6, 6.07) is 0. The Morgan fingerprint density at radius 1 is 1.08 bits per heavy atom. The molecule has 1 fully saturated rings. The smallest absolute Gasteiger partial charge is 0.305 e. The summed E-state index contributed by atoms with van der Waals surface area (Å²) < 4.78 is 4.84. The Morgan fingerprint density at radius 3 is 2.77 bits per heavy atom. The molecule has 1 rings (SSSR count). The van der Waals surface area contributed by atoms with Crippen LogP contribution in [0.1, 0.15) is 32.1 Å². The number of amides is 1. The average Bonchev–Trinajstić information content (AvgIpc) is 2.13. The van der Waals surface area contributed by atoms with Crippen LogP contribution in [0.4, 0.5) is 0 Å². The van der Waals surface area contributed by atoms with E-state index in [1.165, 1.54) is 0 Å². The molecule has 1 amide bonds. The quantitative estimate of drug-likeness (QED) is 0.562. The molecule has 0 atom stereocenters. The molecular formula is C9H15NO3. The first kappa shape index (κ1) is 10.0. The lowest BCUT2D eigenvalue weighted by atomic mass is 10.2. The van der Waals surface area contributed by atoms with Gasteiger partial charge in [0, 0.05) is 13.0 Å². The molecule has 1 heterocycles. The molecule has 0 saturated carbocycles. The molecule has 0 bridgehead atoms. The molecule has 1 saturated heterocycles. The molecule has 1 aliphatic heterocycles. The van der Waals surface area contributed by atoms with E-state index in [9.17, 15) is 9.59 Å². The predicted molar refractivity (Wildman–Crippen MR) is 47.1 cm³/mol. The fraction of sp³-hybridized carbons (Fsp3) is 0.778. The Bertz CT molecular complexity index is 171. The molecule has 0 unspecified atom stereocenters. The minimum absolute atomic E-state index is 0.0327. The van der Waals surface area contributed by atoms with Crippen LogP contribution >= 0.6 is 0 Å². The number of rotatable bonds is 0. The molecule has 1 aliphatic rings. The van der Waals surface area contributed by atoms with Gasteiger partial charge in [0.1, 0.15) is 6.61 Å². The lowest BCUT2D eigenvalue weighted by Crippen LogP contribution is -2.25. The fourth-order valence-electron chi connectivity index (χ4n) is 1.22. The van der Waals surface area contributed by atoms with Gasteiger partial charge in [-0.3, -0.25) is 9.59 Å². The van der Waals surface area contributed by atoms with Crippen molar-refractivity contribution in [2.24, 2.45) is 0 Å². The second-order valence-corrected chi connectivity index (χ2v) is 3.13. The van der Waals surface area contributed by atoms with Gasteiger partial charge >= 0.3 is 5.97 Å². The van der Waals surface area contributed by atoms with E-state index in [0.717, 1.165) is 19.3 Å². The fourth-order valence-corrected chi connectivity index (χ4v) is 1.22. The Hall–Kier alpha value is -1.06. The maximum absolute atomic E-state index is 11.0. The zero-order valence-electron chi connectivity index (χ0n) is 7.67. The van der Waals surface area contributed by atoms with Crippen LogP contribution in [0.5, 0.6) is 0 Å². The summed E-state index contributed by atoms with van der Waals surface area (Å²) in [5.74, 6) is -0.218. The van der Waals surface area contributed by atoms with Crippen molar-refractivity contribution < 1.29 is 14.3 Å². The Kier molecular flexibility index (Phi) is 4.29. The van der Waals surface area contributed by atoms with Crippen LogP contribution in [0.15, 0.2) is 0 Å². The Morgan fingerprint density at radius 2 is 1.92 bits per heavy atom. The number of ether oxygens (including phenoxy) is 1. The summed E-state index contributed by atoms with van der Waals surface area (Å²) in [4.78, 5) is 22.0. The first-order valence-corrected chi connectivity index (χ1v) is 4.71. The largest absolute Gasteiger partial charge is 0.465 e. The van der Waals surface area contributed by atoms with E-state index in [4.69, 9.17) is 4.74 Å². The standard InChI is InChI=1S/C9H15NO3/c11-8-5-7-13-9(12)4-2-1-3-6-10-8/h1-7H2,(H,10,11). The van der Waals surface area contributed by atoms with Gasteiger partial charge in [0.2, 0.25) is 5.91 Å². The van der Waals surface area contributed by atoms with Crippen molar-refractivity contribution in [1.82, 2.24) is 5.32 Å². The second kappa shape index (κ2) is 5.56. The Labute approximate surface area is 77.6 Å². The van der Waals surface area contributed by atoms with Crippen LogP contribution < -0.4 is 5.32 Å². The maximum Gasteiger partial charge on any atom is 0.305 e. The molecular weight excluding hydrogens is 170 g/mol. The van der Waals surface area contributed by atoms with Crippen molar-refractivity contribution >= 4 is 11.9 Å². The summed E-state index contributed by atoms with van der Waals surface area (Å²) in [5, 5.41) is 2.76. The third-order valence-electron chi connectivity index (χ3n) is 1.97. The van der Waals surface area contributed by atoms with Crippen LogP contribution in [-0.2, 0) is 14.3 Å². The highest BCUT2D eigenvalue weighted by atomic mass is 16.5. The van der Waals surface area contributed by atoms with Crippen molar-refractivity contribution in [2.45, 2.75) is 32.1 Å². The first-order chi connectivity index (χ1) is 6.29. The van der Waals surface area contributed by atoms with Crippen LogP contribution in [0.3, 0.4) is 0 Å². The normalized spacial score (nSPS) is 21.2. The van der Waals surface area contributed by atoms with Gasteiger partial charge in [-0.05, 0) is 12.8 Å². The number of nitrogens with one attached hydrogen (secondary N) is 1. The van der Waals surface area contributed by atoms with Crippen LogP contribution in [0, 0.1) is 0 Å². The molecule has 0 aromatic carbocycles. The van der Waals surface area contributed by atoms with Crippen molar-refractivity contribution in [1.29, 1.82) is 0 Å². The molecule has 0 spiro atoms. The number of hydrogen-bond acceptors (Lipinski definition) is 3. The zero-order valence-corrected chi connectivity index (χ0v) is 7.67. The number of carbonyl (C=O) groups is 2. The highest BCUT2D eigenvalue weighted by Crippen LogP contribution is 2.02. The van der Waals surface area contributed by atoms with Gasteiger partial charge in [-0.15, -0.1) is 0 Å². The third-order valence-corrected chi connectivity index (χ3v) is 1.97.